The molecule has 168 valence electrons. The van der Waals surface area contributed by atoms with E-state index >= 15 is 0 Å². The number of aromatic nitrogens is 2. The van der Waals surface area contributed by atoms with E-state index in [0.717, 1.165) is 43.9 Å². The number of hydrazone groups is 1. The number of unbranched alkanes of at least 4 members (excludes halogenated alkanes) is 3. The molecule has 1 aromatic heterocycles. The normalized spacial score (nSPS) is 11.1. The van der Waals surface area contributed by atoms with Crippen LogP contribution in [0.1, 0.15) is 57.2 Å². The van der Waals surface area contributed by atoms with E-state index < -0.39 is 0 Å². The lowest BCUT2D eigenvalue weighted by Crippen LogP contribution is -2.27. The predicted molar refractivity (Wildman–Crippen MR) is 128 cm³/mol. The number of phenolic OH excluding ortho intramolecular Hbond substituents is 1. The molecule has 1 heterocycles. The van der Waals surface area contributed by atoms with E-state index in [1.54, 1.807) is 24.3 Å². The van der Waals surface area contributed by atoms with Crippen molar-refractivity contribution in [3.05, 3.63) is 41.6 Å². The van der Waals surface area contributed by atoms with Crippen LogP contribution in [0.2, 0.25) is 0 Å². The monoisotopic (exact) mass is 443 g/mol. The highest BCUT2D eigenvalue weighted by Crippen LogP contribution is 2.20. The van der Waals surface area contributed by atoms with E-state index in [-0.39, 0.29) is 17.4 Å². The van der Waals surface area contributed by atoms with Gasteiger partial charge in [0.05, 0.1) is 12.0 Å². The molecule has 0 atom stereocenters. The Labute approximate surface area is 189 Å². The van der Waals surface area contributed by atoms with Gasteiger partial charge in [-0.05, 0) is 31.9 Å². The van der Waals surface area contributed by atoms with Gasteiger partial charge in [-0.3, -0.25) is 4.79 Å². The highest BCUT2D eigenvalue weighted by Gasteiger charge is 2.12. The molecule has 31 heavy (non-hydrogen) atoms. The molecule has 0 spiro atoms. The van der Waals surface area contributed by atoms with Gasteiger partial charge in [-0.15, -0.1) is 0 Å². The summed E-state index contributed by atoms with van der Waals surface area (Å²) < 4.78 is 0. The summed E-state index contributed by atoms with van der Waals surface area (Å²) in [6.45, 7) is 8.31. The predicted octanol–water partition coefficient (Wildman–Crippen LogP) is 4.53. The number of benzene rings is 1. The smallest absolute Gasteiger partial charge is 0.250 e. The van der Waals surface area contributed by atoms with Crippen molar-refractivity contribution in [2.75, 3.05) is 23.7 Å². The molecule has 1 aromatic carbocycles. The van der Waals surface area contributed by atoms with Crippen LogP contribution in [0.4, 0.5) is 5.82 Å². The molecule has 0 aliphatic heterocycles. The van der Waals surface area contributed by atoms with Gasteiger partial charge < -0.3 is 10.0 Å². The SMILES string of the molecule is CCCCCN(CCCC)c1cc(C)nc(SCC(=O)N/N=C/c2ccccc2O)n1. The molecule has 0 saturated heterocycles. The maximum Gasteiger partial charge on any atom is 0.250 e. The minimum absolute atomic E-state index is 0.113. The molecule has 2 N–H and O–H groups in total. The van der Waals surface area contributed by atoms with Crippen LogP contribution in [0.15, 0.2) is 40.6 Å². The number of anilines is 1. The van der Waals surface area contributed by atoms with E-state index in [4.69, 9.17) is 4.98 Å². The molecule has 8 heteroatoms. The molecule has 0 radical (unpaired) electrons. The number of amides is 1. The summed E-state index contributed by atoms with van der Waals surface area (Å²) >= 11 is 1.29. The fraction of sp³-hybridized carbons (Fsp3) is 0.478. The average molecular weight is 444 g/mol. The first-order valence-electron chi connectivity index (χ1n) is 10.9. The zero-order chi connectivity index (χ0) is 22.5. The summed E-state index contributed by atoms with van der Waals surface area (Å²) in [5.41, 5.74) is 3.91. The van der Waals surface area contributed by atoms with Crippen LogP contribution >= 0.6 is 11.8 Å². The number of para-hydroxylation sites is 1. The van der Waals surface area contributed by atoms with Gasteiger partial charge in [0.2, 0.25) is 0 Å². The number of aromatic hydroxyl groups is 1. The largest absolute Gasteiger partial charge is 0.507 e. The second kappa shape index (κ2) is 13.6. The van der Waals surface area contributed by atoms with Crippen LogP contribution in [0.5, 0.6) is 5.75 Å². The van der Waals surface area contributed by atoms with Gasteiger partial charge in [0.1, 0.15) is 11.6 Å². The van der Waals surface area contributed by atoms with Gasteiger partial charge >= 0.3 is 0 Å². The number of carbonyl (C=O) groups excluding carboxylic acids is 1. The third-order valence-electron chi connectivity index (χ3n) is 4.62. The van der Waals surface area contributed by atoms with Crippen LogP contribution < -0.4 is 10.3 Å². The third-order valence-corrected chi connectivity index (χ3v) is 5.47. The summed E-state index contributed by atoms with van der Waals surface area (Å²) in [6.07, 6.45) is 7.21. The van der Waals surface area contributed by atoms with E-state index in [1.165, 1.54) is 30.8 Å². The highest BCUT2D eigenvalue weighted by atomic mass is 32.2. The number of hydrogen-bond acceptors (Lipinski definition) is 7. The molecule has 0 bridgehead atoms. The standard InChI is InChI=1S/C23H33N5O2S/c1-4-6-10-14-28(13-7-5-2)21-15-18(3)25-23(26-21)31-17-22(30)27-24-16-19-11-8-9-12-20(19)29/h8-9,11-12,15-16,29H,4-7,10,13-14,17H2,1-3H3,(H,27,30)/b24-16+. The van der Waals surface area contributed by atoms with Crippen molar-refractivity contribution in [3.8, 4) is 5.75 Å². The molecule has 0 fully saturated rings. The molecule has 1 amide bonds. The molecule has 0 aliphatic rings. The third kappa shape index (κ3) is 8.96. The van der Waals surface area contributed by atoms with Crippen LogP contribution in [0.3, 0.4) is 0 Å². The Morgan fingerprint density at radius 2 is 1.90 bits per heavy atom. The van der Waals surface area contributed by atoms with Gasteiger partial charge in [0.15, 0.2) is 5.16 Å². The molecular formula is C23H33N5O2S. The Bertz CT molecular complexity index is 860. The number of aryl methyl sites for hydroxylation is 1. The maximum absolute atomic E-state index is 12.1. The van der Waals surface area contributed by atoms with Crippen molar-refractivity contribution in [2.24, 2.45) is 5.10 Å². The maximum atomic E-state index is 12.1. The number of thioether (sulfide) groups is 1. The quantitative estimate of drug-likeness (QED) is 0.155. The van der Waals surface area contributed by atoms with Crippen molar-refractivity contribution in [3.63, 3.8) is 0 Å². The summed E-state index contributed by atoms with van der Waals surface area (Å²) in [5, 5.41) is 14.2. The van der Waals surface area contributed by atoms with Crippen LogP contribution in [-0.2, 0) is 4.79 Å². The first-order chi connectivity index (χ1) is 15.0. The van der Waals surface area contributed by atoms with Crippen molar-refractivity contribution < 1.29 is 9.90 Å². The first-order valence-corrected chi connectivity index (χ1v) is 11.8. The molecule has 0 unspecified atom stereocenters. The lowest BCUT2D eigenvalue weighted by Gasteiger charge is -2.24. The Balaban J connectivity index is 1.95. The second-order valence-corrected chi connectivity index (χ2v) is 8.28. The van der Waals surface area contributed by atoms with Crippen LogP contribution in [-0.4, -0.2) is 46.0 Å². The van der Waals surface area contributed by atoms with Crippen molar-refractivity contribution in [2.45, 2.75) is 58.0 Å². The van der Waals surface area contributed by atoms with Gasteiger partial charge in [0.25, 0.3) is 5.91 Å². The highest BCUT2D eigenvalue weighted by molar-refractivity contribution is 7.99. The summed E-state index contributed by atoms with van der Waals surface area (Å²) in [5.74, 6) is 0.944. The second-order valence-electron chi connectivity index (χ2n) is 7.34. The summed E-state index contributed by atoms with van der Waals surface area (Å²) in [6, 6.07) is 8.81. The lowest BCUT2D eigenvalue weighted by atomic mass is 10.2. The minimum Gasteiger partial charge on any atom is -0.507 e. The number of rotatable bonds is 13. The van der Waals surface area contributed by atoms with Gasteiger partial charge in [-0.1, -0.05) is 57.0 Å². The lowest BCUT2D eigenvalue weighted by molar-refractivity contribution is -0.118. The number of nitrogens with one attached hydrogen (secondary N) is 1. The van der Waals surface area contributed by atoms with E-state index in [1.807, 2.05) is 13.0 Å². The van der Waals surface area contributed by atoms with Crippen molar-refractivity contribution in [1.29, 1.82) is 0 Å². The fourth-order valence-electron chi connectivity index (χ4n) is 2.93. The molecular weight excluding hydrogens is 410 g/mol. The fourth-order valence-corrected chi connectivity index (χ4v) is 3.62. The molecule has 7 nitrogen and oxygen atoms in total. The molecule has 2 aromatic rings. The zero-order valence-corrected chi connectivity index (χ0v) is 19.5. The number of nitrogens with zero attached hydrogens (tertiary/aromatic N) is 4. The molecule has 2 rings (SSSR count). The van der Waals surface area contributed by atoms with E-state index in [2.05, 4.69) is 34.3 Å². The molecule has 0 aliphatic carbocycles. The average Bonchev–Trinajstić information content (AvgIpc) is 2.75. The van der Waals surface area contributed by atoms with Crippen LogP contribution in [0, 0.1) is 6.92 Å². The van der Waals surface area contributed by atoms with Crippen molar-refractivity contribution >= 4 is 29.7 Å². The van der Waals surface area contributed by atoms with Gasteiger partial charge in [-0.2, -0.15) is 5.10 Å². The number of phenols is 1. The van der Waals surface area contributed by atoms with E-state index in [0.29, 0.717) is 10.7 Å². The van der Waals surface area contributed by atoms with Gasteiger partial charge in [0, 0.05) is 30.4 Å². The topological polar surface area (TPSA) is 90.7 Å². The first kappa shape index (κ1) is 24.7. The summed E-state index contributed by atoms with van der Waals surface area (Å²) in [4.78, 5) is 23.6. The Morgan fingerprint density at radius 3 is 2.65 bits per heavy atom. The van der Waals surface area contributed by atoms with Gasteiger partial charge in [-0.25, -0.2) is 15.4 Å². The Kier molecular flexibility index (Phi) is 10.9. The van der Waals surface area contributed by atoms with Crippen molar-refractivity contribution in [1.82, 2.24) is 15.4 Å². The summed E-state index contributed by atoms with van der Waals surface area (Å²) in [7, 11) is 0. The van der Waals surface area contributed by atoms with Crippen LogP contribution in [0.25, 0.3) is 0 Å². The number of carbonyl (C=O) groups is 1. The Hall–Kier alpha value is -2.61. The minimum atomic E-state index is -0.255. The number of hydrogen-bond donors (Lipinski definition) is 2. The zero-order valence-electron chi connectivity index (χ0n) is 18.7. The van der Waals surface area contributed by atoms with E-state index in [9.17, 15) is 9.90 Å². The Morgan fingerprint density at radius 1 is 1.16 bits per heavy atom. The molecule has 0 saturated carbocycles.